The van der Waals surface area contributed by atoms with Gasteiger partial charge in [0.1, 0.15) is 18.1 Å². The summed E-state index contributed by atoms with van der Waals surface area (Å²) in [5, 5.41) is 16.4. The van der Waals surface area contributed by atoms with Gasteiger partial charge in [-0.05, 0) is 25.5 Å². The van der Waals surface area contributed by atoms with Crippen molar-refractivity contribution in [3.63, 3.8) is 0 Å². The Morgan fingerprint density at radius 2 is 2.29 bits per heavy atom. The van der Waals surface area contributed by atoms with Gasteiger partial charge >= 0.3 is 5.97 Å². The molecule has 2 rings (SSSR count). The maximum Gasteiger partial charge on any atom is 0.358 e. The number of hydrogen-bond donors (Lipinski definition) is 1. The highest BCUT2D eigenvalue weighted by Crippen LogP contribution is 2.12. The van der Waals surface area contributed by atoms with Gasteiger partial charge in [-0.25, -0.2) is 9.48 Å². The maximum atomic E-state index is 10.9. The molecular formula is C11H13N3O3. The van der Waals surface area contributed by atoms with Gasteiger partial charge < -0.3 is 9.52 Å². The van der Waals surface area contributed by atoms with Crippen LogP contribution in [0.25, 0.3) is 0 Å². The molecule has 6 heteroatoms. The van der Waals surface area contributed by atoms with E-state index in [1.54, 1.807) is 4.68 Å². The highest BCUT2D eigenvalue weighted by atomic mass is 16.4. The van der Waals surface area contributed by atoms with Crippen LogP contribution in [0.4, 0.5) is 0 Å². The molecular weight excluding hydrogens is 222 g/mol. The largest absolute Gasteiger partial charge is 0.476 e. The van der Waals surface area contributed by atoms with Gasteiger partial charge in [-0.1, -0.05) is 12.1 Å². The molecule has 0 fully saturated rings. The topological polar surface area (TPSA) is 81.1 Å². The van der Waals surface area contributed by atoms with Crippen molar-refractivity contribution in [2.24, 2.45) is 0 Å². The van der Waals surface area contributed by atoms with Crippen LogP contribution in [0, 0.1) is 6.92 Å². The molecule has 0 aliphatic carbocycles. The zero-order chi connectivity index (χ0) is 12.4. The molecule has 2 aromatic rings. The lowest BCUT2D eigenvalue weighted by atomic mass is 10.2. The van der Waals surface area contributed by atoms with E-state index in [0.29, 0.717) is 18.7 Å². The number of furan rings is 1. The quantitative estimate of drug-likeness (QED) is 0.868. The van der Waals surface area contributed by atoms with Gasteiger partial charge in [0.15, 0.2) is 5.69 Å². The standard InChI is InChI=1S/C11H13N3O3/c1-3-9-10(11(15)16)12-13-14(9)6-8-5-4-7(2)17-8/h4-5H,3,6H2,1-2H3,(H,15,16). The number of hydrogen-bond acceptors (Lipinski definition) is 4. The van der Waals surface area contributed by atoms with Crippen molar-refractivity contribution in [2.75, 3.05) is 0 Å². The minimum Gasteiger partial charge on any atom is -0.476 e. The predicted molar refractivity (Wildman–Crippen MR) is 58.9 cm³/mol. The lowest BCUT2D eigenvalue weighted by Gasteiger charge is -2.02. The van der Waals surface area contributed by atoms with E-state index in [2.05, 4.69) is 10.3 Å². The zero-order valence-electron chi connectivity index (χ0n) is 9.67. The summed E-state index contributed by atoms with van der Waals surface area (Å²) < 4.78 is 6.98. The molecule has 17 heavy (non-hydrogen) atoms. The Bertz CT molecular complexity index is 542. The molecule has 0 atom stereocenters. The van der Waals surface area contributed by atoms with Crippen molar-refractivity contribution in [3.8, 4) is 0 Å². The van der Waals surface area contributed by atoms with Crippen LogP contribution in [0.1, 0.15) is 34.6 Å². The van der Waals surface area contributed by atoms with Crippen LogP contribution >= 0.6 is 0 Å². The van der Waals surface area contributed by atoms with Crippen molar-refractivity contribution in [1.82, 2.24) is 15.0 Å². The van der Waals surface area contributed by atoms with E-state index in [1.807, 2.05) is 26.0 Å². The number of carboxylic acid groups (broad SMARTS) is 1. The summed E-state index contributed by atoms with van der Waals surface area (Å²) in [5.74, 6) is 0.499. The summed E-state index contributed by atoms with van der Waals surface area (Å²) in [6.07, 6.45) is 0.564. The molecule has 1 N–H and O–H groups in total. The predicted octanol–water partition coefficient (Wildman–Crippen LogP) is 1.49. The van der Waals surface area contributed by atoms with E-state index in [0.717, 1.165) is 11.5 Å². The lowest BCUT2D eigenvalue weighted by molar-refractivity contribution is 0.0689. The SMILES string of the molecule is CCc1c(C(=O)O)nnn1Cc1ccc(C)o1. The average Bonchev–Trinajstić information content (AvgIpc) is 2.85. The maximum absolute atomic E-state index is 10.9. The van der Waals surface area contributed by atoms with Gasteiger partial charge in [-0.15, -0.1) is 5.10 Å². The molecule has 6 nitrogen and oxygen atoms in total. The zero-order valence-corrected chi connectivity index (χ0v) is 9.67. The molecule has 0 aliphatic heterocycles. The first-order chi connectivity index (χ1) is 8.11. The number of carboxylic acids is 1. The third-order valence-corrected chi connectivity index (χ3v) is 2.48. The first-order valence-electron chi connectivity index (χ1n) is 5.32. The number of nitrogens with zero attached hydrogens (tertiary/aromatic N) is 3. The highest BCUT2D eigenvalue weighted by molar-refractivity contribution is 5.86. The number of carbonyl (C=O) groups is 1. The second-order valence-electron chi connectivity index (χ2n) is 3.71. The number of rotatable bonds is 4. The Kier molecular flexibility index (Phi) is 2.95. The smallest absolute Gasteiger partial charge is 0.358 e. The Balaban J connectivity index is 2.30. The fourth-order valence-electron chi connectivity index (χ4n) is 1.69. The fourth-order valence-corrected chi connectivity index (χ4v) is 1.69. The first-order valence-corrected chi connectivity index (χ1v) is 5.32. The molecule has 0 bridgehead atoms. The van der Waals surface area contributed by atoms with Gasteiger partial charge in [0.05, 0.1) is 5.69 Å². The Morgan fingerprint density at radius 1 is 1.53 bits per heavy atom. The summed E-state index contributed by atoms with van der Waals surface area (Å²) in [5.41, 5.74) is 0.613. The van der Waals surface area contributed by atoms with Crippen molar-refractivity contribution in [2.45, 2.75) is 26.8 Å². The van der Waals surface area contributed by atoms with Crippen molar-refractivity contribution < 1.29 is 14.3 Å². The van der Waals surface area contributed by atoms with Gasteiger partial charge in [0.2, 0.25) is 0 Å². The van der Waals surface area contributed by atoms with Crippen LogP contribution in [0.15, 0.2) is 16.5 Å². The Labute approximate surface area is 97.9 Å². The number of aromatic nitrogens is 3. The molecule has 0 aliphatic rings. The average molecular weight is 235 g/mol. The minimum absolute atomic E-state index is 0.00998. The van der Waals surface area contributed by atoms with E-state index in [9.17, 15) is 4.79 Å². The molecule has 2 aromatic heterocycles. The molecule has 0 radical (unpaired) electrons. The summed E-state index contributed by atoms with van der Waals surface area (Å²) in [4.78, 5) is 10.9. The lowest BCUT2D eigenvalue weighted by Crippen LogP contribution is -2.08. The van der Waals surface area contributed by atoms with E-state index in [4.69, 9.17) is 9.52 Å². The molecule has 2 heterocycles. The first kappa shape index (κ1) is 11.4. The Morgan fingerprint density at radius 3 is 2.82 bits per heavy atom. The Hall–Kier alpha value is -2.11. The van der Waals surface area contributed by atoms with Crippen LogP contribution in [0.2, 0.25) is 0 Å². The second kappa shape index (κ2) is 4.40. The van der Waals surface area contributed by atoms with Crippen molar-refractivity contribution >= 4 is 5.97 Å². The van der Waals surface area contributed by atoms with Crippen LogP contribution in [0.3, 0.4) is 0 Å². The van der Waals surface area contributed by atoms with E-state index >= 15 is 0 Å². The van der Waals surface area contributed by atoms with E-state index in [-0.39, 0.29) is 5.69 Å². The van der Waals surface area contributed by atoms with Crippen molar-refractivity contribution in [3.05, 3.63) is 35.0 Å². The van der Waals surface area contributed by atoms with Gasteiger partial charge in [0.25, 0.3) is 0 Å². The highest BCUT2D eigenvalue weighted by Gasteiger charge is 2.17. The van der Waals surface area contributed by atoms with Crippen LogP contribution in [0.5, 0.6) is 0 Å². The molecule has 0 amide bonds. The second-order valence-corrected chi connectivity index (χ2v) is 3.71. The molecule has 90 valence electrons. The molecule has 0 unspecified atom stereocenters. The minimum atomic E-state index is -1.05. The third-order valence-electron chi connectivity index (χ3n) is 2.48. The molecule has 0 saturated carbocycles. The number of aryl methyl sites for hydroxylation is 1. The van der Waals surface area contributed by atoms with Gasteiger partial charge in [-0.3, -0.25) is 0 Å². The van der Waals surface area contributed by atoms with Crippen LogP contribution in [-0.4, -0.2) is 26.1 Å². The fraction of sp³-hybridized carbons (Fsp3) is 0.364. The summed E-state index contributed by atoms with van der Waals surface area (Å²) in [6, 6.07) is 3.70. The third kappa shape index (κ3) is 2.20. The van der Waals surface area contributed by atoms with Crippen molar-refractivity contribution in [1.29, 1.82) is 0 Å². The molecule has 0 aromatic carbocycles. The van der Waals surface area contributed by atoms with E-state index < -0.39 is 5.97 Å². The monoisotopic (exact) mass is 235 g/mol. The van der Waals surface area contributed by atoms with Crippen LogP contribution in [-0.2, 0) is 13.0 Å². The summed E-state index contributed by atoms with van der Waals surface area (Å²) in [7, 11) is 0. The molecule has 0 spiro atoms. The van der Waals surface area contributed by atoms with Gasteiger partial charge in [0, 0.05) is 0 Å². The van der Waals surface area contributed by atoms with E-state index in [1.165, 1.54) is 0 Å². The summed E-state index contributed by atoms with van der Waals surface area (Å²) in [6.45, 7) is 4.13. The normalized spacial score (nSPS) is 10.7. The van der Waals surface area contributed by atoms with Gasteiger partial charge in [-0.2, -0.15) is 0 Å². The summed E-state index contributed by atoms with van der Waals surface area (Å²) >= 11 is 0. The molecule has 0 saturated heterocycles. The van der Waals surface area contributed by atoms with Crippen LogP contribution < -0.4 is 0 Å². The number of aromatic carboxylic acids is 1.